The molecule has 7 heteroatoms. The van der Waals surface area contributed by atoms with E-state index in [2.05, 4.69) is 0 Å². The molecule has 174 valence electrons. The lowest BCUT2D eigenvalue weighted by atomic mass is 9.96. The number of benzene rings is 3. The molecule has 1 amide bonds. The molecule has 5 rings (SSSR count). The fourth-order valence-corrected chi connectivity index (χ4v) is 4.68. The maximum absolute atomic E-state index is 13.1. The molecular formula is C28H21ClN2O4. The first kappa shape index (κ1) is 22.5. The van der Waals surface area contributed by atoms with Gasteiger partial charge in [-0.25, -0.2) is 4.79 Å². The number of phenolic OH excluding ortho intramolecular Hbond substituents is 1. The van der Waals surface area contributed by atoms with E-state index in [1.165, 1.54) is 10.6 Å². The number of anilines is 1. The Hall–Kier alpha value is -4.29. The average molecular weight is 485 g/mol. The van der Waals surface area contributed by atoms with Crippen LogP contribution >= 0.6 is 11.6 Å². The minimum absolute atomic E-state index is 0.136. The minimum Gasteiger partial charge on any atom is -0.507 e. The van der Waals surface area contributed by atoms with Crippen LogP contribution in [-0.4, -0.2) is 33.7 Å². The van der Waals surface area contributed by atoms with Gasteiger partial charge in [-0.1, -0.05) is 54.1 Å². The fraction of sp³-hybridized carbons (Fsp3) is 0.0714. The van der Waals surface area contributed by atoms with E-state index >= 15 is 0 Å². The highest BCUT2D eigenvalue weighted by Gasteiger charge is 2.31. The molecule has 2 heterocycles. The summed E-state index contributed by atoms with van der Waals surface area (Å²) in [6, 6.07) is 20.0. The first-order chi connectivity index (χ1) is 16.7. The van der Waals surface area contributed by atoms with Crippen LogP contribution in [0.15, 0.2) is 72.9 Å². The van der Waals surface area contributed by atoms with Gasteiger partial charge in [-0.15, -0.1) is 0 Å². The predicted molar refractivity (Wildman–Crippen MR) is 138 cm³/mol. The Kier molecular flexibility index (Phi) is 5.46. The zero-order valence-electron chi connectivity index (χ0n) is 19.0. The monoisotopic (exact) mass is 484 g/mol. The summed E-state index contributed by atoms with van der Waals surface area (Å²) in [5.41, 5.74) is 5.88. The van der Waals surface area contributed by atoms with E-state index in [1.54, 1.807) is 49.5 Å². The number of para-hydroxylation sites is 1. The first-order valence-corrected chi connectivity index (χ1v) is 11.2. The third kappa shape index (κ3) is 3.88. The second kappa shape index (κ2) is 8.49. The number of aromatic nitrogens is 1. The zero-order valence-corrected chi connectivity index (χ0v) is 19.7. The molecule has 0 saturated heterocycles. The van der Waals surface area contributed by atoms with Crippen LogP contribution in [0.5, 0.6) is 5.75 Å². The lowest BCUT2D eigenvalue weighted by Crippen LogP contribution is -2.20. The zero-order chi connectivity index (χ0) is 24.9. The van der Waals surface area contributed by atoms with Crippen LogP contribution in [0.3, 0.4) is 0 Å². The van der Waals surface area contributed by atoms with E-state index in [0.717, 1.165) is 27.8 Å². The molecule has 1 aromatic heterocycles. The van der Waals surface area contributed by atoms with Crippen molar-refractivity contribution >= 4 is 40.8 Å². The van der Waals surface area contributed by atoms with Gasteiger partial charge in [-0.2, -0.15) is 0 Å². The van der Waals surface area contributed by atoms with Crippen LogP contribution in [0.4, 0.5) is 5.69 Å². The van der Waals surface area contributed by atoms with E-state index in [-0.39, 0.29) is 17.4 Å². The van der Waals surface area contributed by atoms with Crippen LogP contribution in [0.1, 0.15) is 21.6 Å². The van der Waals surface area contributed by atoms with E-state index < -0.39 is 5.97 Å². The summed E-state index contributed by atoms with van der Waals surface area (Å²) in [4.78, 5) is 26.0. The van der Waals surface area contributed by atoms with Crippen molar-refractivity contribution in [3.8, 4) is 28.0 Å². The van der Waals surface area contributed by atoms with Crippen molar-refractivity contribution in [3.63, 3.8) is 0 Å². The molecular weight excluding hydrogens is 464 g/mol. The van der Waals surface area contributed by atoms with Gasteiger partial charge in [-0.05, 0) is 47.0 Å². The molecule has 35 heavy (non-hydrogen) atoms. The number of aromatic hydroxyl groups is 1. The number of carboxylic acid groups (broad SMARTS) is 1. The number of fused-ring (bicyclic) bond motifs is 1. The highest BCUT2D eigenvalue weighted by molar-refractivity contribution is 6.38. The number of carbonyl (C=O) groups excluding carboxylic acids is 1. The third-order valence-corrected chi connectivity index (χ3v) is 6.55. The lowest BCUT2D eigenvalue weighted by Gasteiger charge is -2.12. The van der Waals surface area contributed by atoms with E-state index in [0.29, 0.717) is 21.8 Å². The molecule has 0 saturated carbocycles. The highest BCUT2D eigenvalue weighted by Crippen LogP contribution is 2.43. The number of hydrogen-bond acceptors (Lipinski definition) is 3. The SMILES string of the molecule is CN1C(=O)/C(=C\c2cc(C(=O)O)n(C)c2)c2cc(-c3ccc(-c4ccccc4O)cc3)c(Cl)cc21. The van der Waals surface area contributed by atoms with Gasteiger partial charge in [-0.3, -0.25) is 4.79 Å². The van der Waals surface area contributed by atoms with Gasteiger partial charge in [0.2, 0.25) is 0 Å². The van der Waals surface area contributed by atoms with E-state index in [9.17, 15) is 19.8 Å². The summed E-state index contributed by atoms with van der Waals surface area (Å²) >= 11 is 6.64. The number of phenols is 1. The topological polar surface area (TPSA) is 82.8 Å². The highest BCUT2D eigenvalue weighted by atomic mass is 35.5. The van der Waals surface area contributed by atoms with Gasteiger partial charge < -0.3 is 19.7 Å². The van der Waals surface area contributed by atoms with Crippen molar-refractivity contribution in [2.75, 3.05) is 11.9 Å². The molecule has 1 aliphatic rings. The third-order valence-electron chi connectivity index (χ3n) is 6.24. The van der Waals surface area contributed by atoms with Crippen LogP contribution in [0, 0.1) is 0 Å². The first-order valence-electron chi connectivity index (χ1n) is 10.9. The Labute approximate surface area is 206 Å². The second-order valence-corrected chi connectivity index (χ2v) is 8.85. The Morgan fingerprint density at radius 1 is 0.914 bits per heavy atom. The molecule has 2 N–H and O–H groups in total. The van der Waals surface area contributed by atoms with Gasteiger partial charge in [0.1, 0.15) is 11.4 Å². The molecule has 4 aromatic rings. The van der Waals surface area contributed by atoms with Gasteiger partial charge in [0, 0.05) is 42.6 Å². The Balaban J connectivity index is 1.57. The normalized spacial score (nSPS) is 14.0. The standard InChI is InChI=1S/C28H21ClN2O4/c1-30-15-16(12-25(30)28(34)35)11-22-21-13-20(23(29)14-24(21)31(2)27(22)33)18-9-7-17(8-10-18)19-5-3-4-6-26(19)32/h3-15,32H,1-2H3,(H,34,35)/b22-11-. The van der Waals surface area contributed by atoms with Gasteiger partial charge in [0.25, 0.3) is 5.91 Å². The van der Waals surface area contributed by atoms with Crippen LogP contribution in [0.25, 0.3) is 33.9 Å². The molecule has 6 nitrogen and oxygen atoms in total. The molecule has 0 spiro atoms. The number of halogens is 1. The van der Waals surface area contributed by atoms with E-state index in [1.807, 2.05) is 42.5 Å². The number of aromatic carboxylic acids is 1. The summed E-state index contributed by atoms with van der Waals surface area (Å²) in [5.74, 6) is -1.02. The van der Waals surface area contributed by atoms with Crippen molar-refractivity contribution in [2.45, 2.75) is 0 Å². The number of hydrogen-bond donors (Lipinski definition) is 2. The summed E-state index contributed by atoms with van der Waals surface area (Å²) in [7, 11) is 3.34. The summed E-state index contributed by atoms with van der Waals surface area (Å²) in [5, 5.41) is 20.0. The maximum atomic E-state index is 13.1. The molecule has 1 aliphatic heterocycles. The largest absolute Gasteiger partial charge is 0.507 e. The summed E-state index contributed by atoms with van der Waals surface area (Å²) in [6.45, 7) is 0. The van der Waals surface area contributed by atoms with Crippen LogP contribution < -0.4 is 4.90 Å². The van der Waals surface area contributed by atoms with Crippen LogP contribution in [0.2, 0.25) is 5.02 Å². The van der Waals surface area contributed by atoms with Crippen molar-refractivity contribution in [2.24, 2.45) is 7.05 Å². The fourth-order valence-electron chi connectivity index (χ4n) is 4.42. The van der Waals surface area contributed by atoms with Gasteiger partial charge >= 0.3 is 5.97 Å². The quantitative estimate of drug-likeness (QED) is 0.351. The number of nitrogens with zero attached hydrogens (tertiary/aromatic N) is 2. The molecule has 0 bridgehead atoms. The number of rotatable bonds is 4. The van der Waals surface area contributed by atoms with Crippen molar-refractivity contribution in [1.29, 1.82) is 0 Å². The maximum Gasteiger partial charge on any atom is 0.352 e. The number of carboxylic acids is 1. The van der Waals surface area contributed by atoms with Crippen molar-refractivity contribution in [3.05, 3.63) is 94.8 Å². The summed E-state index contributed by atoms with van der Waals surface area (Å²) in [6.07, 6.45) is 3.38. The second-order valence-electron chi connectivity index (χ2n) is 8.44. The van der Waals surface area contributed by atoms with Crippen molar-refractivity contribution in [1.82, 2.24) is 4.57 Å². The Morgan fingerprint density at radius 3 is 2.20 bits per heavy atom. The summed E-state index contributed by atoms with van der Waals surface area (Å²) < 4.78 is 1.51. The average Bonchev–Trinajstić information content (AvgIpc) is 3.32. The molecule has 3 aromatic carbocycles. The van der Waals surface area contributed by atoms with Crippen LogP contribution in [-0.2, 0) is 11.8 Å². The Bertz CT molecular complexity index is 1530. The van der Waals surface area contributed by atoms with Gasteiger partial charge in [0.15, 0.2) is 0 Å². The van der Waals surface area contributed by atoms with Crippen molar-refractivity contribution < 1.29 is 19.8 Å². The smallest absolute Gasteiger partial charge is 0.352 e. The minimum atomic E-state index is -1.03. The number of carbonyl (C=O) groups is 2. The number of amides is 1. The van der Waals surface area contributed by atoms with E-state index in [4.69, 9.17) is 11.6 Å². The number of aryl methyl sites for hydroxylation is 1. The molecule has 0 aliphatic carbocycles. The Morgan fingerprint density at radius 2 is 1.57 bits per heavy atom. The molecule has 0 fully saturated rings. The predicted octanol–water partition coefficient (Wildman–Crippen LogP) is 5.93. The molecule has 0 radical (unpaired) electrons. The number of likely N-dealkylation sites (N-methyl/N-ethyl adjacent to an activating group) is 1. The lowest BCUT2D eigenvalue weighted by molar-refractivity contribution is -0.112. The van der Waals surface area contributed by atoms with Gasteiger partial charge in [0.05, 0.1) is 10.7 Å². The molecule has 0 atom stereocenters. The molecule has 0 unspecified atom stereocenters.